The number of nitrogens with one attached hydrogen (secondary N) is 2. The van der Waals surface area contributed by atoms with Gasteiger partial charge in [0.05, 0.1) is 21.8 Å². The Morgan fingerprint density at radius 2 is 1.65 bits per heavy atom. The quantitative estimate of drug-likeness (QED) is 0.558. The van der Waals surface area contributed by atoms with Gasteiger partial charge in [-0.2, -0.15) is 0 Å². The molecule has 31 heavy (non-hydrogen) atoms. The van der Waals surface area contributed by atoms with E-state index in [4.69, 9.17) is 11.6 Å². The number of carbonyl (C=O) groups is 1. The van der Waals surface area contributed by atoms with Gasteiger partial charge in [0.1, 0.15) is 0 Å². The Morgan fingerprint density at radius 3 is 2.23 bits per heavy atom. The lowest BCUT2D eigenvalue weighted by Gasteiger charge is -2.19. The van der Waals surface area contributed by atoms with E-state index in [1.165, 1.54) is 12.4 Å². The predicted octanol–water partition coefficient (Wildman–Crippen LogP) is 4.76. The highest BCUT2D eigenvalue weighted by atomic mass is 35.5. The average molecular weight is 458 g/mol. The molecule has 0 saturated heterocycles. The topological polar surface area (TPSA) is 88.2 Å². The van der Waals surface area contributed by atoms with Gasteiger partial charge in [-0.15, -0.1) is 0 Å². The summed E-state index contributed by atoms with van der Waals surface area (Å²) in [7, 11) is -3.64. The molecule has 0 radical (unpaired) electrons. The lowest BCUT2D eigenvalue weighted by atomic mass is 9.87. The summed E-state index contributed by atoms with van der Waals surface area (Å²) < 4.78 is 27.8. The first-order chi connectivity index (χ1) is 14.5. The van der Waals surface area contributed by atoms with E-state index in [2.05, 4.69) is 35.8 Å². The first-order valence-corrected chi connectivity index (χ1v) is 11.5. The fourth-order valence-electron chi connectivity index (χ4n) is 2.85. The monoisotopic (exact) mass is 457 g/mol. The molecule has 2 N–H and O–H groups in total. The number of amides is 1. The van der Waals surface area contributed by atoms with Crippen molar-refractivity contribution in [3.05, 3.63) is 88.7 Å². The zero-order valence-corrected chi connectivity index (χ0v) is 19.1. The summed E-state index contributed by atoms with van der Waals surface area (Å²) in [5, 5.41) is 3.14. The number of benzene rings is 2. The summed E-state index contributed by atoms with van der Waals surface area (Å²) >= 11 is 5.87. The standard InChI is InChI=1S/C23H24ClN3O3S/c1-23(2,3)18-8-10-21(11-9-18)31(29,30)26-13-16-4-6-17(7-5-16)22(28)27-20-12-19(24)14-25-15-20/h4-12,14-15,26H,13H2,1-3H3,(H,27,28). The Balaban J connectivity index is 1.62. The molecule has 0 aliphatic rings. The number of hydrogen-bond acceptors (Lipinski definition) is 4. The maximum Gasteiger partial charge on any atom is 0.255 e. The SMILES string of the molecule is CC(C)(C)c1ccc(S(=O)(=O)NCc2ccc(C(=O)Nc3cncc(Cl)c3)cc2)cc1. The van der Waals surface area contributed by atoms with Crippen molar-refractivity contribution in [3.8, 4) is 0 Å². The van der Waals surface area contributed by atoms with Crippen molar-refractivity contribution in [2.45, 2.75) is 37.6 Å². The van der Waals surface area contributed by atoms with Crippen LogP contribution in [0.5, 0.6) is 0 Å². The van der Waals surface area contributed by atoms with Crippen LogP contribution in [0, 0.1) is 0 Å². The summed E-state index contributed by atoms with van der Waals surface area (Å²) in [6.07, 6.45) is 2.98. The van der Waals surface area contributed by atoms with E-state index in [9.17, 15) is 13.2 Å². The molecule has 0 bridgehead atoms. The van der Waals surface area contributed by atoms with Crippen LogP contribution in [0.2, 0.25) is 5.02 Å². The van der Waals surface area contributed by atoms with Gasteiger partial charge in [-0.1, -0.05) is 56.6 Å². The van der Waals surface area contributed by atoms with Gasteiger partial charge in [-0.05, 0) is 46.9 Å². The van der Waals surface area contributed by atoms with Crippen molar-refractivity contribution in [1.82, 2.24) is 9.71 Å². The molecule has 0 unspecified atom stereocenters. The van der Waals surface area contributed by atoms with Crippen LogP contribution in [0.15, 0.2) is 71.9 Å². The smallest absolute Gasteiger partial charge is 0.255 e. The number of pyridine rings is 1. The highest BCUT2D eigenvalue weighted by Crippen LogP contribution is 2.23. The highest BCUT2D eigenvalue weighted by Gasteiger charge is 2.17. The van der Waals surface area contributed by atoms with E-state index in [0.717, 1.165) is 11.1 Å². The number of aromatic nitrogens is 1. The van der Waals surface area contributed by atoms with Crippen molar-refractivity contribution in [3.63, 3.8) is 0 Å². The molecule has 1 amide bonds. The van der Waals surface area contributed by atoms with Crippen LogP contribution in [-0.4, -0.2) is 19.3 Å². The van der Waals surface area contributed by atoms with E-state index in [-0.39, 0.29) is 22.8 Å². The fourth-order valence-corrected chi connectivity index (χ4v) is 4.04. The fraction of sp³-hybridized carbons (Fsp3) is 0.217. The van der Waals surface area contributed by atoms with E-state index < -0.39 is 10.0 Å². The van der Waals surface area contributed by atoms with Crippen molar-refractivity contribution < 1.29 is 13.2 Å². The molecule has 0 saturated carbocycles. The summed E-state index contributed by atoms with van der Waals surface area (Å²) in [6.45, 7) is 6.34. The van der Waals surface area contributed by atoms with Gasteiger partial charge in [-0.25, -0.2) is 13.1 Å². The maximum absolute atomic E-state index is 12.6. The Labute approximate surface area is 187 Å². The number of nitrogens with zero attached hydrogens (tertiary/aromatic N) is 1. The minimum Gasteiger partial charge on any atom is -0.321 e. The van der Waals surface area contributed by atoms with Gasteiger partial charge < -0.3 is 5.32 Å². The van der Waals surface area contributed by atoms with Crippen LogP contribution < -0.4 is 10.0 Å². The number of carbonyl (C=O) groups excluding carboxylic acids is 1. The van der Waals surface area contributed by atoms with Crippen LogP contribution in [0.25, 0.3) is 0 Å². The van der Waals surface area contributed by atoms with Gasteiger partial charge in [0, 0.05) is 18.3 Å². The average Bonchev–Trinajstić information content (AvgIpc) is 2.72. The predicted molar refractivity (Wildman–Crippen MR) is 123 cm³/mol. The third kappa shape index (κ3) is 6.13. The van der Waals surface area contributed by atoms with Gasteiger partial charge in [0.25, 0.3) is 5.91 Å². The number of hydrogen-bond donors (Lipinski definition) is 2. The van der Waals surface area contributed by atoms with Gasteiger partial charge in [-0.3, -0.25) is 9.78 Å². The molecule has 0 spiro atoms. The van der Waals surface area contributed by atoms with E-state index in [1.807, 2.05) is 12.1 Å². The van der Waals surface area contributed by atoms with Gasteiger partial charge >= 0.3 is 0 Å². The minimum absolute atomic E-state index is 0.0486. The molecule has 0 aliphatic heterocycles. The van der Waals surface area contributed by atoms with Crippen LogP contribution in [-0.2, 0) is 22.0 Å². The molecule has 0 atom stereocenters. The first-order valence-electron chi connectivity index (χ1n) is 9.66. The normalized spacial score (nSPS) is 11.9. The summed E-state index contributed by atoms with van der Waals surface area (Å²) in [4.78, 5) is 16.5. The molecule has 1 aromatic heterocycles. The largest absolute Gasteiger partial charge is 0.321 e. The number of rotatable bonds is 6. The zero-order chi connectivity index (χ0) is 22.6. The second-order valence-electron chi connectivity index (χ2n) is 8.14. The van der Waals surface area contributed by atoms with Crippen molar-refractivity contribution in [2.24, 2.45) is 0 Å². The summed E-state index contributed by atoms with van der Waals surface area (Å²) in [6, 6.07) is 15.2. The Morgan fingerprint density at radius 1 is 1.00 bits per heavy atom. The lowest BCUT2D eigenvalue weighted by molar-refractivity contribution is 0.102. The van der Waals surface area contributed by atoms with E-state index in [0.29, 0.717) is 16.3 Å². The third-order valence-electron chi connectivity index (χ3n) is 4.68. The van der Waals surface area contributed by atoms with E-state index >= 15 is 0 Å². The molecular weight excluding hydrogens is 434 g/mol. The van der Waals surface area contributed by atoms with Crippen LogP contribution in [0.3, 0.4) is 0 Å². The number of sulfonamides is 1. The second-order valence-corrected chi connectivity index (χ2v) is 10.3. The van der Waals surface area contributed by atoms with Crippen molar-refractivity contribution in [2.75, 3.05) is 5.32 Å². The van der Waals surface area contributed by atoms with Crippen LogP contribution in [0.1, 0.15) is 42.3 Å². The van der Waals surface area contributed by atoms with E-state index in [1.54, 1.807) is 42.5 Å². The summed E-state index contributed by atoms with van der Waals surface area (Å²) in [5.74, 6) is -0.310. The summed E-state index contributed by atoms with van der Waals surface area (Å²) in [5.41, 5.74) is 2.67. The lowest BCUT2D eigenvalue weighted by Crippen LogP contribution is -2.23. The van der Waals surface area contributed by atoms with Crippen LogP contribution >= 0.6 is 11.6 Å². The molecule has 3 rings (SSSR count). The molecular formula is C23H24ClN3O3S. The molecule has 3 aromatic rings. The van der Waals surface area contributed by atoms with Gasteiger partial charge in [0.15, 0.2) is 0 Å². The van der Waals surface area contributed by atoms with Crippen LogP contribution in [0.4, 0.5) is 5.69 Å². The molecule has 8 heteroatoms. The molecule has 0 fully saturated rings. The van der Waals surface area contributed by atoms with Gasteiger partial charge in [0.2, 0.25) is 10.0 Å². The molecule has 6 nitrogen and oxygen atoms in total. The molecule has 162 valence electrons. The van der Waals surface area contributed by atoms with Crippen molar-refractivity contribution in [1.29, 1.82) is 0 Å². The number of anilines is 1. The molecule has 2 aromatic carbocycles. The Bertz CT molecular complexity index is 1170. The Hall–Kier alpha value is -2.74. The van der Waals surface area contributed by atoms with Crippen molar-refractivity contribution >= 4 is 33.2 Å². The Kier molecular flexibility index (Phi) is 6.79. The maximum atomic E-state index is 12.6. The minimum atomic E-state index is -3.64. The highest BCUT2D eigenvalue weighted by molar-refractivity contribution is 7.89. The molecule has 0 aliphatic carbocycles. The molecule has 1 heterocycles. The first kappa shape index (κ1) is 22.9. The third-order valence-corrected chi connectivity index (χ3v) is 6.30. The number of halogens is 1. The second kappa shape index (κ2) is 9.18. The zero-order valence-electron chi connectivity index (χ0n) is 17.5.